The maximum Gasteiger partial charge on any atom is 0.254 e. The summed E-state index contributed by atoms with van der Waals surface area (Å²) < 4.78 is 0. The van der Waals surface area contributed by atoms with Gasteiger partial charge in [-0.2, -0.15) is 0 Å². The average molecular weight is 460 g/mol. The SMILES string of the molecule is O=C(c1cccc2ccccc12)N1CCN(Cc2cnc[nH]2)c2ccc(-c3ccccn3)cc2C1. The Morgan fingerprint density at radius 3 is 2.69 bits per heavy atom. The molecule has 5 aromatic rings. The highest BCUT2D eigenvalue weighted by molar-refractivity contribution is 6.07. The molecule has 6 heteroatoms. The van der Waals surface area contributed by atoms with Crippen molar-refractivity contribution in [3.8, 4) is 11.3 Å². The van der Waals surface area contributed by atoms with Gasteiger partial charge in [0, 0.05) is 48.8 Å². The van der Waals surface area contributed by atoms with Gasteiger partial charge in [0.1, 0.15) is 0 Å². The predicted octanol–water partition coefficient (Wildman–Crippen LogP) is 5.29. The van der Waals surface area contributed by atoms with Crippen LogP contribution in [0, 0.1) is 0 Å². The fourth-order valence-electron chi connectivity index (χ4n) is 4.86. The van der Waals surface area contributed by atoms with Crippen LogP contribution in [0.3, 0.4) is 0 Å². The van der Waals surface area contributed by atoms with Crippen molar-refractivity contribution in [2.75, 3.05) is 18.0 Å². The molecule has 0 fully saturated rings. The first kappa shape index (κ1) is 21.1. The largest absolute Gasteiger partial charge is 0.364 e. The Bertz CT molecular complexity index is 1470. The molecule has 1 amide bonds. The molecule has 0 atom stereocenters. The number of anilines is 1. The molecule has 1 aliphatic rings. The van der Waals surface area contributed by atoms with Crippen LogP contribution in [0.2, 0.25) is 0 Å². The highest BCUT2D eigenvalue weighted by Crippen LogP contribution is 2.32. The van der Waals surface area contributed by atoms with Crippen molar-refractivity contribution >= 4 is 22.4 Å². The zero-order valence-electron chi connectivity index (χ0n) is 19.3. The van der Waals surface area contributed by atoms with Gasteiger partial charge in [-0.15, -0.1) is 0 Å². The number of carbonyl (C=O) groups is 1. The number of carbonyl (C=O) groups excluding carboxylic acids is 1. The molecule has 1 aliphatic heterocycles. The first-order valence-electron chi connectivity index (χ1n) is 11.8. The van der Waals surface area contributed by atoms with Gasteiger partial charge in [-0.05, 0) is 46.7 Å². The van der Waals surface area contributed by atoms with E-state index in [-0.39, 0.29) is 5.91 Å². The van der Waals surface area contributed by atoms with Gasteiger partial charge in [0.15, 0.2) is 0 Å². The van der Waals surface area contributed by atoms with Gasteiger partial charge in [-0.1, -0.05) is 48.5 Å². The van der Waals surface area contributed by atoms with E-state index in [2.05, 4.69) is 50.2 Å². The van der Waals surface area contributed by atoms with E-state index >= 15 is 0 Å². The molecule has 6 nitrogen and oxygen atoms in total. The summed E-state index contributed by atoms with van der Waals surface area (Å²) in [5.41, 5.74) is 5.99. The van der Waals surface area contributed by atoms with E-state index in [0.29, 0.717) is 19.6 Å². The molecular weight excluding hydrogens is 434 g/mol. The Morgan fingerprint density at radius 2 is 1.83 bits per heavy atom. The normalized spacial score (nSPS) is 13.5. The van der Waals surface area contributed by atoms with Crippen molar-refractivity contribution in [2.24, 2.45) is 0 Å². The summed E-state index contributed by atoms with van der Waals surface area (Å²) in [4.78, 5) is 30.0. The second-order valence-electron chi connectivity index (χ2n) is 8.81. The van der Waals surface area contributed by atoms with E-state index in [0.717, 1.165) is 51.1 Å². The molecule has 0 unspecified atom stereocenters. The molecule has 0 bridgehead atoms. The summed E-state index contributed by atoms with van der Waals surface area (Å²) in [5.74, 6) is 0.0550. The highest BCUT2D eigenvalue weighted by Gasteiger charge is 2.25. The molecule has 35 heavy (non-hydrogen) atoms. The van der Waals surface area contributed by atoms with Crippen LogP contribution in [0.15, 0.2) is 97.6 Å². The molecule has 1 N–H and O–H groups in total. The van der Waals surface area contributed by atoms with Crippen LogP contribution >= 0.6 is 0 Å². The zero-order valence-corrected chi connectivity index (χ0v) is 19.3. The fourth-order valence-corrected chi connectivity index (χ4v) is 4.86. The molecule has 172 valence electrons. The number of rotatable bonds is 4. The number of hydrogen-bond acceptors (Lipinski definition) is 4. The molecule has 6 rings (SSSR count). The predicted molar refractivity (Wildman–Crippen MR) is 138 cm³/mol. The molecule has 0 aliphatic carbocycles. The van der Waals surface area contributed by atoms with E-state index in [1.165, 1.54) is 0 Å². The van der Waals surface area contributed by atoms with Gasteiger partial charge < -0.3 is 14.8 Å². The number of H-pyrrole nitrogens is 1. The Hall–Kier alpha value is -4.45. The van der Waals surface area contributed by atoms with Crippen LogP contribution in [-0.2, 0) is 13.1 Å². The summed E-state index contributed by atoms with van der Waals surface area (Å²) in [5, 5.41) is 2.06. The Balaban J connectivity index is 1.39. The molecule has 0 saturated carbocycles. The first-order chi connectivity index (χ1) is 17.3. The molecule has 0 spiro atoms. The number of amides is 1. The van der Waals surface area contributed by atoms with Crippen molar-refractivity contribution in [1.29, 1.82) is 0 Å². The van der Waals surface area contributed by atoms with Gasteiger partial charge in [0.05, 0.1) is 24.3 Å². The fraction of sp³-hybridized carbons (Fsp3) is 0.138. The van der Waals surface area contributed by atoms with Gasteiger partial charge in [-0.3, -0.25) is 9.78 Å². The monoisotopic (exact) mass is 459 g/mol. The minimum absolute atomic E-state index is 0.0550. The maximum absolute atomic E-state index is 13.8. The second-order valence-corrected chi connectivity index (χ2v) is 8.81. The number of nitrogens with one attached hydrogen (secondary N) is 1. The zero-order chi connectivity index (χ0) is 23.6. The lowest BCUT2D eigenvalue weighted by Crippen LogP contribution is -2.35. The van der Waals surface area contributed by atoms with E-state index in [1.807, 2.05) is 65.8 Å². The summed E-state index contributed by atoms with van der Waals surface area (Å²) in [7, 11) is 0. The number of benzene rings is 3. The maximum atomic E-state index is 13.8. The Kier molecular flexibility index (Phi) is 5.47. The van der Waals surface area contributed by atoms with Gasteiger partial charge in [-0.25, -0.2) is 4.98 Å². The van der Waals surface area contributed by atoms with Crippen LogP contribution in [-0.4, -0.2) is 38.8 Å². The Labute approximate surface area is 203 Å². The molecule has 3 aromatic carbocycles. The quantitative estimate of drug-likeness (QED) is 0.397. The Morgan fingerprint density at radius 1 is 0.943 bits per heavy atom. The van der Waals surface area contributed by atoms with Crippen LogP contribution in [0.1, 0.15) is 21.6 Å². The minimum Gasteiger partial charge on any atom is -0.364 e. The summed E-state index contributed by atoms with van der Waals surface area (Å²) in [6.07, 6.45) is 5.36. The number of hydrogen-bond donors (Lipinski definition) is 1. The van der Waals surface area contributed by atoms with Crippen LogP contribution in [0.5, 0.6) is 0 Å². The molecule has 3 heterocycles. The lowest BCUT2D eigenvalue weighted by molar-refractivity contribution is 0.0753. The van der Waals surface area contributed by atoms with Crippen LogP contribution < -0.4 is 4.90 Å². The second kappa shape index (κ2) is 9.06. The number of aromatic nitrogens is 3. The molecular formula is C29H25N5O. The number of aromatic amines is 1. The lowest BCUT2D eigenvalue weighted by atomic mass is 10.0. The number of imidazole rings is 1. The topological polar surface area (TPSA) is 65.1 Å². The third-order valence-corrected chi connectivity index (χ3v) is 6.61. The van der Waals surface area contributed by atoms with Gasteiger partial charge in [0.2, 0.25) is 0 Å². The molecule has 0 radical (unpaired) electrons. The molecule has 0 saturated heterocycles. The van der Waals surface area contributed by atoms with Gasteiger partial charge >= 0.3 is 0 Å². The summed E-state index contributed by atoms with van der Waals surface area (Å²) in [6, 6.07) is 26.4. The van der Waals surface area contributed by atoms with Crippen molar-refractivity contribution in [2.45, 2.75) is 13.1 Å². The van der Waals surface area contributed by atoms with E-state index in [9.17, 15) is 4.79 Å². The smallest absolute Gasteiger partial charge is 0.254 e. The first-order valence-corrected chi connectivity index (χ1v) is 11.8. The molecule has 2 aromatic heterocycles. The third-order valence-electron chi connectivity index (χ3n) is 6.61. The van der Waals surface area contributed by atoms with Crippen molar-refractivity contribution in [3.05, 3.63) is 114 Å². The van der Waals surface area contributed by atoms with E-state index < -0.39 is 0 Å². The summed E-state index contributed by atoms with van der Waals surface area (Å²) in [6.45, 7) is 2.60. The van der Waals surface area contributed by atoms with Crippen molar-refractivity contribution in [3.63, 3.8) is 0 Å². The van der Waals surface area contributed by atoms with Crippen molar-refractivity contribution < 1.29 is 4.79 Å². The lowest BCUT2D eigenvalue weighted by Gasteiger charge is -2.24. The average Bonchev–Trinajstić information content (AvgIpc) is 3.36. The third kappa shape index (κ3) is 4.15. The number of nitrogens with zero attached hydrogens (tertiary/aromatic N) is 4. The van der Waals surface area contributed by atoms with Crippen LogP contribution in [0.4, 0.5) is 5.69 Å². The number of pyridine rings is 1. The summed E-state index contributed by atoms with van der Waals surface area (Å²) >= 11 is 0. The van der Waals surface area contributed by atoms with Gasteiger partial charge in [0.25, 0.3) is 5.91 Å². The standard InChI is InChI=1S/C29H25N5O/c35-29(26-9-5-7-21-6-1-2-8-25(21)26)34-15-14-33(19-24-17-30-20-32-24)28-12-11-22(16-23(28)18-34)27-10-3-4-13-31-27/h1-13,16-17,20H,14-15,18-19H2,(H,30,32). The van der Waals surface area contributed by atoms with E-state index in [4.69, 9.17) is 0 Å². The highest BCUT2D eigenvalue weighted by atomic mass is 16.2. The van der Waals surface area contributed by atoms with Crippen LogP contribution in [0.25, 0.3) is 22.0 Å². The van der Waals surface area contributed by atoms with E-state index in [1.54, 1.807) is 6.33 Å². The minimum atomic E-state index is 0.0550. The van der Waals surface area contributed by atoms with Crippen molar-refractivity contribution in [1.82, 2.24) is 19.9 Å². The number of fused-ring (bicyclic) bond motifs is 2.